The van der Waals surface area contributed by atoms with Crippen LogP contribution in [0.2, 0.25) is 0 Å². The highest BCUT2D eigenvalue weighted by molar-refractivity contribution is 5.80. The lowest BCUT2D eigenvalue weighted by atomic mass is 9.88. The molecule has 0 aliphatic heterocycles. The molecular formula is C9H16O4. The maximum atomic E-state index is 11.2. The van der Waals surface area contributed by atoms with Crippen LogP contribution in [0, 0.1) is 11.8 Å². The third-order valence-corrected chi connectivity index (χ3v) is 2.19. The van der Waals surface area contributed by atoms with E-state index in [4.69, 9.17) is 5.11 Å². The number of carbonyl (C=O) groups excluding carboxylic acids is 1. The molecule has 0 saturated heterocycles. The predicted octanol–water partition coefficient (Wildman–Crippen LogP) is 1.30. The molecule has 0 aromatic rings. The van der Waals surface area contributed by atoms with E-state index >= 15 is 0 Å². The first-order chi connectivity index (χ1) is 6.08. The Morgan fingerprint density at radius 2 is 1.69 bits per heavy atom. The van der Waals surface area contributed by atoms with Gasteiger partial charge in [0.1, 0.15) is 0 Å². The smallest absolute Gasteiger partial charge is 0.309 e. The second-order valence-electron chi connectivity index (χ2n) is 2.89. The lowest BCUT2D eigenvalue weighted by Crippen LogP contribution is -2.29. The van der Waals surface area contributed by atoms with E-state index in [9.17, 15) is 9.59 Å². The number of carboxylic acids is 1. The molecule has 1 N–H and O–H groups in total. The Bertz CT molecular complexity index is 188. The van der Waals surface area contributed by atoms with Crippen LogP contribution in [0.3, 0.4) is 0 Å². The summed E-state index contributed by atoms with van der Waals surface area (Å²) in [7, 11) is 1.28. The molecule has 0 saturated carbocycles. The van der Waals surface area contributed by atoms with Gasteiger partial charge >= 0.3 is 11.9 Å². The fourth-order valence-electron chi connectivity index (χ4n) is 1.40. The summed E-state index contributed by atoms with van der Waals surface area (Å²) in [6.07, 6.45) is 0.945. The quantitative estimate of drug-likeness (QED) is 0.660. The van der Waals surface area contributed by atoms with Gasteiger partial charge < -0.3 is 9.84 Å². The zero-order valence-electron chi connectivity index (χ0n) is 8.24. The second kappa shape index (κ2) is 5.56. The maximum absolute atomic E-state index is 11.2. The van der Waals surface area contributed by atoms with Crippen molar-refractivity contribution >= 4 is 11.9 Å². The Balaban J connectivity index is 4.52. The van der Waals surface area contributed by atoms with Gasteiger partial charge in [-0.05, 0) is 12.8 Å². The van der Waals surface area contributed by atoms with Crippen LogP contribution in [0.1, 0.15) is 26.7 Å². The minimum Gasteiger partial charge on any atom is -0.481 e. The number of carboxylic acid groups (broad SMARTS) is 1. The highest BCUT2D eigenvalue weighted by Gasteiger charge is 2.31. The van der Waals surface area contributed by atoms with Gasteiger partial charge in [0.25, 0.3) is 0 Å². The van der Waals surface area contributed by atoms with Crippen LogP contribution < -0.4 is 0 Å². The summed E-state index contributed by atoms with van der Waals surface area (Å²) >= 11 is 0. The fraction of sp³-hybridized carbons (Fsp3) is 0.778. The molecule has 4 heteroatoms. The first-order valence-corrected chi connectivity index (χ1v) is 4.39. The topological polar surface area (TPSA) is 63.6 Å². The molecule has 0 rings (SSSR count). The van der Waals surface area contributed by atoms with Crippen LogP contribution in [0.15, 0.2) is 0 Å². The second-order valence-corrected chi connectivity index (χ2v) is 2.89. The van der Waals surface area contributed by atoms with Crippen molar-refractivity contribution in [3.63, 3.8) is 0 Å². The SMILES string of the molecule is CC[C@H](C(=O)O)[C@@H](CC)C(=O)OC. The summed E-state index contributed by atoms with van der Waals surface area (Å²) in [6.45, 7) is 3.54. The maximum Gasteiger partial charge on any atom is 0.309 e. The highest BCUT2D eigenvalue weighted by atomic mass is 16.5. The molecule has 0 aliphatic carbocycles. The summed E-state index contributed by atoms with van der Waals surface area (Å²) in [5.74, 6) is -2.51. The van der Waals surface area contributed by atoms with Crippen molar-refractivity contribution in [2.75, 3.05) is 7.11 Å². The van der Waals surface area contributed by atoms with Gasteiger partial charge in [-0.25, -0.2) is 0 Å². The lowest BCUT2D eigenvalue weighted by molar-refractivity contribution is -0.156. The molecule has 0 fully saturated rings. The molecule has 2 atom stereocenters. The molecule has 0 radical (unpaired) electrons. The van der Waals surface area contributed by atoms with E-state index in [0.29, 0.717) is 12.8 Å². The van der Waals surface area contributed by atoms with E-state index in [-0.39, 0.29) is 0 Å². The normalized spacial score (nSPS) is 14.7. The monoisotopic (exact) mass is 188 g/mol. The van der Waals surface area contributed by atoms with E-state index < -0.39 is 23.8 Å². The van der Waals surface area contributed by atoms with Gasteiger partial charge in [0.2, 0.25) is 0 Å². The van der Waals surface area contributed by atoms with Gasteiger partial charge in [0, 0.05) is 0 Å². The summed E-state index contributed by atoms with van der Waals surface area (Å²) in [5, 5.41) is 8.81. The van der Waals surface area contributed by atoms with Gasteiger partial charge in [-0.1, -0.05) is 13.8 Å². The number of esters is 1. The number of hydrogen-bond acceptors (Lipinski definition) is 3. The Hall–Kier alpha value is -1.06. The average molecular weight is 188 g/mol. The zero-order valence-corrected chi connectivity index (χ0v) is 8.24. The highest BCUT2D eigenvalue weighted by Crippen LogP contribution is 2.20. The Morgan fingerprint density at radius 3 is 1.92 bits per heavy atom. The largest absolute Gasteiger partial charge is 0.481 e. The fourth-order valence-corrected chi connectivity index (χ4v) is 1.40. The molecule has 13 heavy (non-hydrogen) atoms. The van der Waals surface area contributed by atoms with Crippen molar-refractivity contribution in [3.05, 3.63) is 0 Å². The Kier molecular flexibility index (Phi) is 5.11. The molecule has 0 unspecified atom stereocenters. The predicted molar refractivity (Wildman–Crippen MR) is 47.2 cm³/mol. The van der Waals surface area contributed by atoms with E-state index in [2.05, 4.69) is 4.74 Å². The van der Waals surface area contributed by atoms with Crippen molar-refractivity contribution < 1.29 is 19.4 Å². The molecular weight excluding hydrogens is 172 g/mol. The Morgan fingerprint density at radius 1 is 1.23 bits per heavy atom. The van der Waals surface area contributed by atoms with Gasteiger partial charge in [-0.15, -0.1) is 0 Å². The minimum atomic E-state index is -0.931. The van der Waals surface area contributed by atoms with Gasteiger partial charge in [-0.2, -0.15) is 0 Å². The molecule has 0 aromatic heterocycles. The van der Waals surface area contributed by atoms with Crippen molar-refractivity contribution in [3.8, 4) is 0 Å². The number of rotatable bonds is 5. The molecule has 0 amide bonds. The van der Waals surface area contributed by atoms with Crippen molar-refractivity contribution in [2.45, 2.75) is 26.7 Å². The summed E-state index contributed by atoms with van der Waals surface area (Å²) in [4.78, 5) is 21.9. The van der Waals surface area contributed by atoms with Gasteiger partial charge in [-0.3, -0.25) is 9.59 Å². The number of carbonyl (C=O) groups is 2. The van der Waals surface area contributed by atoms with Crippen LogP contribution in [0.25, 0.3) is 0 Å². The number of aliphatic carboxylic acids is 1. The first-order valence-electron chi connectivity index (χ1n) is 4.39. The van der Waals surface area contributed by atoms with Crippen molar-refractivity contribution in [1.29, 1.82) is 0 Å². The molecule has 76 valence electrons. The molecule has 0 heterocycles. The molecule has 0 bridgehead atoms. The Labute approximate surface area is 77.9 Å². The average Bonchev–Trinajstić information content (AvgIpc) is 2.12. The molecule has 0 spiro atoms. The zero-order chi connectivity index (χ0) is 10.4. The summed E-state index contributed by atoms with van der Waals surface area (Å²) < 4.78 is 4.53. The summed E-state index contributed by atoms with van der Waals surface area (Å²) in [5.41, 5.74) is 0. The third kappa shape index (κ3) is 3.05. The van der Waals surface area contributed by atoms with Crippen molar-refractivity contribution in [2.24, 2.45) is 11.8 Å². The molecule has 0 aliphatic rings. The van der Waals surface area contributed by atoms with E-state index in [1.54, 1.807) is 13.8 Å². The van der Waals surface area contributed by atoms with Crippen LogP contribution in [0.5, 0.6) is 0 Å². The summed E-state index contributed by atoms with van der Waals surface area (Å²) in [6, 6.07) is 0. The van der Waals surface area contributed by atoms with E-state index in [1.807, 2.05) is 0 Å². The first kappa shape index (κ1) is 11.9. The standard InChI is InChI=1S/C9H16O4/c1-4-6(8(10)11)7(5-2)9(12)13-3/h6-7H,4-5H2,1-3H3,(H,10,11)/t6-,7+/m0/s1. The van der Waals surface area contributed by atoms with E-state index in [1.165, 1.54) is 7.11 Å². The van der Waals surface area contributed by atoms with Crippen LogP contribution in [-0.4, -0.2) is 24.2 Å². The van der Waals surface area contributed by atoms with Crippen molar-refractivity contribution in [1.82, 2.24) is 0 Å². The lowest BCUT2D eigenvalue weighted by Gasteiger charge is -2.18. The van der Waals surface area contributed by atoms with E-state index in [0.717, 1.165) is 0 Å². The number of methoxy groups -OCH3 is 1. The minimum absolute atomic E-state index is 0.434. The van der Waals surface area contributed by atoms with Gasteiger partial charge in [0.15, 0.2) is 0 Å². The molecule has 4 nitrogen and oxygen atoms in total. The van der Waals surface area contributed by atoms with Crippen LogP contribution in [0.4, 0.5) is 0 Å². The number of ether oxygens (including phenoxy) is 1. The van der Waals surface area contributed by atoms with Gasteiger partial charge in [0.05, 0.1) is 18.9 Å². The molecule has 0 aromatic carbocycles. The van der Waals surface area contributed by atoms with Crippen LogP contribution in [-0.2, 0) is 14.3 Å². The third-order valence-electron chi connectivity index (χ3n) is 2.19. The number of hydrogen-bond donors (Lipinski definition) is 1. The van der Waals surface area contributed by atoms with Crippen LogP contribution >= 0.6 is 0 Å².